The van der Waals surface area contributed by atoms with Gasteiger partial charge >= 0.3 is 11.8 Å². The number of furan rings is 1. The van der Waals surface area contributed by atoms with Gasteiger partial charge in [-0.2, -0.15) is 0 Å². The van der Waals surface area contributed by atoms with Crippen LogP contribution >= 0.6 is 0 Å². The van der Waals surface area contributed by atoms with E-state index in [0.29, 0.717) is 12.3 Å². The molecule has 0 bridgehead atoms. The van der Waals surface area contributed by atoms with Crippen LogP contribution in [0.4, 0.5) is 0 Å². The number of aryl methyl sites for hydroxylation is 1. The van der Waals surface area contributed by atoms with Crippen molar-refractivity contribution in [3.05, 3.63) is 59.6 Å². The molecular formula is C26H34O5. The van der Waals surface area contributed by atoms with Gasteiger partial charge in [-0.15, -0.1) is 0 Å². The zero-order valence-corrected chi connectivity index (χ0v) is 18.9. The van der Waals surface area contributed by atoms with E-state index in [2.05, 4.69) is 45.1 Å². The van der Waals surface area contributed by atoms with Gasteiger partial charge in [0, 0.05) is 0 Å². The van der Waals surface area contributed by atoms with Gasteiger partial charge in [0.15, 0.2) is 6.10 Å². The predicted molar refractivity (Wildman–Crippen MR) is 120 cm³/mol. The zero-order chi connectivity index (χ0) is 22.6. The van der Waals surface area contributed by atoms with Crippen molar-refractivity contribution >= 4 is 17.5 Å². The molecule has 168 valence electrons. The highest BCUT2D eigenvalue weighted by Gasteiger charge is 2.41. The van der Waals surface area contributed by atoms with Crippen molar-refractivity contribution < 1.29 is 23.5 Å². The van der Waals surface area contributed by atoms with E-state index >= 15 is 0 Å². The number of hydrogen-bond acceptors (Lipinski definition) is 5. The molecule has 2 unspecified atom stereocenters. The summed E-state index contributed by atoms with van der Waals surface area (Å²) in [4.78, 5) is 33.8. The maximum atomic E-state index is 11.5. The number of rotatable bonds is 13. The topological polar surface area (TPSA) is 73.6 Å². The maximum absolute atomic E-state index is 11.5. The number of Topliss-reactive ketones (excluding diaryl/α,β-unsaturated/α-hetero) is 2. The van der Waals surface area contributed by atoms with Gasteiger partial charge < -0.3 is 9.15 Å². The SMILES string of the molecule is C/C(=C\C=C\C(C)CC/C=C(\C)CCCC1OC(=O)C(=O)C1=O)CCCc1ccoc1. The minimum atomic E-state index is -1.02. The molecule has 31 heavy (non-hydrogen) atoms. The molecule has 0 saturated carbocycles. The van der Waals surface area contributed by atoms with Crippen molar-refractivity contribution in [2.75, 3.05) is 0 Å². The number of ether oxygens (including phenoxy) is 1. The molecule has 5 nitrogen and oxygen atoms in total. The van der Waals surface area contributed by atoms with Gasteiger partial charge in [0.1, 0.15) is 0 Å². The molecule has 5 heteroatoms. The normalized spacial score (nSPS) is 18.8. The molecule has 1 aliphatic rings. The average molecular weight is 427 g/mol. The van der Waals surface area contributed by atoms with E-state index < -0.39 is 23.6 Å². The lowest BCUT2D eigenvalue weighted by Gasteiger charge is -2.07. The Hall–Kier alpha value is -2.69. The molecule has 2 heterocycles. The van der Waals surface area contributed by atoms with E-state index in [9.17, 15) is 14.4 Å². The lowest BCUT2D eigenvalue weighted by molar-refractivity contribution is -0.149. The third kappa shape index (κ3) is 8.91. The second-order valence-corrected chi connectivity index (χ2v) is 8.47. The molecule has 0 amide bonds. The zero-order valence-electron chi connectivity index (χ0n) is 18.9. The number of carbonyl (C=O) groups excluding carboxylic acids is 3. The summed E-state index contributed by atoms with van der Waals surface area (Å²) in [6, 6.07) is 2.02. The molecule has 0 radical (unpaired) electrons. The molecular weight excluding hydrogens is 392 g/mol. The lowest BCUT2D eigenvalue weighted by atomic mass is 10.0. The first-order chi connectivity index (χ1) is 14.9. The Bertz CT molecular complexity index is 826. The van der Waals surface area contributed by atoms with Crippen molar-refractivity contribution in [2.45, 2.75) is 78.2 Å². The summed E-state index contributed by atoms with van der Waals surface area (Å²) < 4.78 is 9.89. The van der Waals surface area contributed by atoms with Crippen LogP contribution in [0, 0.1) is 5.92 Å². The summed E-state index contributed by atoms with van der Waals surface area (Å²) in [5.74, 6) is -2.22. The largest absolute Gasteiger partial charge is 0.472 e. The fourth-order valence-corrected chi connectivity index (χ4v) is 3.53. The summed E-state index contributed by atoms with van der Waals surface area (Å²) in [5, 5.41) is 0. The number of hydrogen-bond donors (Lipinski definition) is 0. The smallest absolute Gasteiger partial charge is 0.383 e. The van der Waals surface area contributed by atoms with Crippen LogP contribution in [-0.2, 0) is 25.5 Å². The van der Waals surface area contributed by atoms with E-state index in [1.54, 1.807) is 6.26 Å². The molecule has 1 aromatic rings. The summed E-state index contributed by atoms with van der Waals surface area (Å²) in [6.07, 6.45) is 18.8. The molecule has 1 fully saturated rings. The van der Waals surface area contributed by atoms with E-state index in [-0.39, 0.29) is 0 Å². The monoisotopic (exact) mass is 426 g/mol. The fraction of sp³-hybridized carbons (Fsp3) is 0.500. The third-order valence-corrected chi connectivity index (χ3v) is 5.54. The first-order valence-electron chi connectivity index (χ1n) is 11.2. The third-order valence-electron chi connectivity index (χ3n) is 5.54. The van der Waals surface area contributed by atoms with Gasteiger partial charge in [0.25, 0.3) is 5.78 Å². The first kappa shape index (κ1) is 24.6. The van der Waals surface area contributed by atoms with Gasteiger partial charge in [-0.05, 0) is 82.8 Å². The number of carbonyl (C=O) groups is 3. The minimum Gasteiger partial charge on any atom is -0.472 e. The molecule has 0 spiro atoms. The number of ketones is 2. The molecule has 0 N–H and O–H groups in total. The van der Waals surface area contributed by atoms with Crippen LogP contribution in [0.25, 0.3) is 0 Å². The van der Waals surface area contributed by atoms with Crippen molar-refractivity contribution in [3.63, 3.8) is 0 Å². The summed E-state index contributed by atoms with van der Waals surface area (Å²) >= 11 is 0. The van der Waals surface area contributed by atoms with E-state index in [0.717, 1.165) is 44.9 Å². The van der Waals surface area contributed by atoms with Crippen molar-refractivity contribution in [1.82, 2.24) is 0 Å². The molecule has 0 aliphatic carbocycles. The molecule has 2 atom stereocenters. The molecule has 0 aromatic carbocycles. The second-order valence-electron chi connectivity index (χ2n) is 8.47. The Balaban J connectivity index is 1.58. The van der Waals surface area contributed by atoms with Crippen LogP contribution in [0.5, 0.6) is 0 Å². The van der Waals surface area contributed by atoms with Crippen LogP contribution in [0.2, 0.25) is 0 Å². The van der Waals surface area contributed by atoms with Crippen LogP contribution in [0.15, 0.2) is 58.5 Å². The predicted octanol–water partition coefficient (Wildman–Crippen LogP) is 5.70. The average Bonchev–Trinajstić information content (AvgIpc) is 3.32. The van der Waals surface area contributed by atoms with E-state index in [1.807, 2.05) is 12.3 Å². The summed E-state index contributed by atoms with van der Waals surface area (Å²) in [5.41, 5.74) is 3.90. The number of esters is 1. The number of cyclic esters (lactones) is 1. The Morgan fingerprint density at radius 3 is 2.58 bits per heavy atom. The van der Waals surface area contributed by atoms with Gasteiger partial charge in [0.2, 0.25) is 0 Å². The first-order valence-corrected chi connectivity index (χ1v) is 11.2. The second kappa shape index (κ2) is 12.9. The highest BCUT2D eigenvalue weighted by Crippen LogP contribution is 2.18. The Labute approximate surface area is 185 Å². The van der Waals surface area contributed by atoms with E-state index in [4.69, 9.17) is 9.15 Å². The van der Waals surface area contributed by atoms with Crippen molar-refractivity contribution in [3.8, 4) is 0 Å². The quantitative estimate of drug-likeness (QED) is 0.175. The fourth-order valence-electron chi connectivity index (χ4n) is 3.53. The summed E-state index contributed by atoms with van der Waals surface area (Å²) in [6.45, 7) is 6.47. The van der Waals surface area contributed by atoms with Gasteiger partial charge in [-0.25, -0.2) is 4.79 Å². The molecule has 2 rings (SSSR count). The minimum absolute atomic E-state index is 0.411. The van der Waals surface area contributed by atoms with Crippen LogP contribution in [-0.4, -0.2) is 23.6 Å². The van der Waals surface area contributed by atoms with Gasteiger partial charge in [0.05, 0.1) is 12.5 Å². The molecule has 1 saturated heterocycles. The molecule has 1 aromatic heterocycles. The summed E-state index contributed by atoms with van der Waals surface area (Å²) in [7, 11) is 0. The Kier molecular flexibility index (Phi) is 10.2. The number of allylic oxidation sites excluding steroid dienone is 6. The van der Waals surface area contributed by atoms with Crippen LogP contribution < -0.4 is 0 Å². The van der Waals surface area contributed by atoms with Crippen molar-refractivity contribution in [2.24, 2.45) is 5.92 Å². The standard InChI is InChI=1S/C26H34O5/c1-19(8-4-10-20(2)12-6-14-22-16-17-30-18-22)9-5-11-21(3)13-7-15-23-24(27)25(28)26(29)31-23/h4,8,10-11,16-19,23H,5-7,9,12-15H2,1-3H3/b8-4+,20-10+,21-11+. The van der Waals surface area contributed by atoms with Crippen LogP contribution in [0.3, 0.4) is 0 Å². The molecule has 1 aliphatic heterocycles. The Morgan fingerprint density at radius 1 is 1.13 bits per heavy atom. The Morgan fingerprint density at radius 2 is 1.90 bits per heavy atom. The van der Waals surface area contributed by atoms with E-state index in [1.165, 1.54) is 16.7 Å². The van der Waals surface area contributed by atoms with Crippen molar-refractivity contribution in [1.29, 1.82) is 0 Å². The van der Waals surface area contributed by atoms with Gasteiger partial charge in [-0.3, -0.25) is 9.59 Å². The van der Waals surface area contributed by atoms with Gasteiger partial charge in [-0.1, -0.05) is 42.4 Å². The highest BCUT2D eigenvalue weighted by molar-refractivity contribution is 6.65. The highest BCUT2D eigenvalue weighted by atomic mass is 16.6. The van der Waals surface area contributed by atoms with Crippen LogP contribution in [0.1, 0.15) is 71.3 Å². The lowest BCUT2D eigenvalue weighted by Crippen LogP contribution is -2.19. The maximum Gasteiger partial charge on any atom is 0.383 e.